The number of ketones is 1. The molecule has 0 saturated carbocycles. The maximum absolute atomic E-state index is 12.1. The normalized spacial score (nSPS) is 10.6. The second-order valence-corrected chi connectivity index (χ2v) is 5.61. The highest BCUT2D eigenvalue weighted by atomic mass is 16.5. The van der Waals surface area contributed by atoms with E-state index in [0.29, 0.717) is 17.2 Å². The number of methoxy groups -OCH3 is 1. The molecular formula is C20H16O5. The number of aliphatic carboxylic acids is 1. The molecule has 25 heavy (non-hydrogen) atoms. The van der Waals surface area contributed by atoms with Crippen molar-refractivity contribution in [2.45, 2.75) is 6.42 Å². The van der Waals surface area contributed by atoms with Crippen LogP contribution >= 0.6 is 0 Å². The van der Waals surface area contributed by atoms with Gasteiger partial charge in [0.1, 0.15) is 0 Å². The fourth-order valence-electron chi connectivity index (χ4n) is 2.93. The standard InChI is InChI=1S/C20H16O5/c1-25-16-11-15(18(21)20(23)24)14-9-5-8-13(17(14)19(16)22)10-12-6-3-2-4-7-12/h2-9,11,22H,10H2,1H3,(H,23,24). The summed E-state index contributed by atoms with van der Waals surface area (Å²) in [6.07, 6.45) is 0.527. The molecule has 0 spiro atoms. The minimum absolute atomic E-state index is 0.00735. The number of phenolic OH excluding ortho intramolecular Hbond substituents is 1. The highest BCUT2D eigenvalue weighted by molar-refractivity contribution is 6.42. The Morgan fingerprint density at radius 1 is 1.04 bits per heavy atom. The van der Waals surface area contributed by atoms with Crippen LogP contribution in [0.2, 0.25) is 0 Å². The van der Waals surface area contributed by atoms with Gasteiger partial charge < -0.3 is 14.9 Å². The number of rotatable bonds is 5. The van der Waals surface area contributed by atoms with E-state index in [9.17, 15) is 14.7 Å². The van der Waals surface area contributed by atoms with E-state index in [1.807, 2.05) is 36.4 Å². The third-order valence-corrected chi connectivity index (χ3v) is 4.08. The van der Waals surface area contributed by atoms with Crippen LogP contribution in [0.4, 0.5) is 0 Å². The van der Waals surface area contributed by atoms with Crippen molar-refractivity contribution in [1.29, 1.82) is 0 Å². The Kier molecular flexibility index (Phi) is 4.39. The van der Waals surface area contributed by atoms with E-state index in [4.69, 9.17) is 9.84 Å². The Morgan fingerprint density at radius 3 is 2.40 bits per heavy atom. The molecule has 0 atom stereocenters. The van der Waals surface area contributed by atoms with Crippen LogP contribution in [-0.4, -0.2) is 29.1 Å². The van der Waals surface area contributed by atoms with Crippen LogP contribution in [0, 0.1) is 0 Å². The van der Waals surface area contributed by atoms with E-state index >= 15 is 0 Å². The molecule has 5 heteroatoms. The quantitative estimate of drug-likeness (QED) is 0.551. The first-order valence-corrected chi connectivity index (χ1v) is 7.66. The van der Waals surface area contributed by atoms with E-state index in [-0.39, 0.29) is 17.1 Å². The minimum Gasteiger partial charge on any atom is -0.504 e. The molecule has 0 amide bonds. The largest absolute Gasteiger partial charge is 0.504 e. The number of carbonyl (C=O) groups is 2. The molecule has 0 bridgehead atoms. The zero-order valence-electron chi connectivity index (χ0n) is 13.5. The third-order valence-electron chi connectivity index (χ3n) is 4.08. The molecule has 3 aromatic rings. The second kappa shape index (κ2) is 6.65. The molecule has 0 aromatic heterocycles. The summed E-state index contributed by atoms with van der Waals surface area (Å²) < 4.78 is 5.13. The summed E-state index contributed by atoms with van der Waals surface area (Å²) in [4.78, 5) is 23.2. The second-order valence-electron chi connectivity index (χ2n) is 5.61. The summed E-state index contributed by atoms with van der Waals surface area (Å²) in [7, 11) is 1.36. The van der Waals surface area contributed by atoms with Crippen LogP contribution < -0.4 is 4.74 Å². The van der Waals surface area contributed by atoms with Gasteiger partial charge in [0.25, 0.3) is 5.78 Å². The third kappa shape index (κ3) is 3.04. The zero-order chi connectivity index (χ0) is 18.0. The van der Waals surface area contributed by atoms with Gasteiger partial charge in [0.2, 0.25) is 0 Å². The van der Waals surface area contributed by atoms with Crippen LogP contribution in [-0.2, 0) is 11.2 Å². The minimum atomic E-state index is -1.55. The van der Waals surface area contributed by atoms with E-state index in [0.717, 1.165) is 11.1 Å². The van der Waals surface area contributed by atoms with Crippen molar-refractivity contribution in [2.75, 3.05) is 7.11 Å². The van der Waals surface area contributed by atoms with Gasteiger partial charge in [0.15, 0.2) is 11.5 Å². The number of carbonyl (C=O) groups excluding carboxylic acids is 1. The Balaban J connectivity index is 2.28. The fraction of sp³-hybridized carbons (Fsp3) is 0.100. The molecule has 0 fully saturated rings. The number of Topliss-reactive ketones (excluding diaryl/α,β-unsaturated/α-hetero) is 1. The molecule has 2 N–H and O–H groups in total. The molecule has 0 unspecified atom stereocenters. The van der Waals surface area contributed by atoms with Crippen molar-refractivity contribution < 1.29 is 24.5 Å². The van der Waals surface area contributed by atoms with E-state index in [2.05, 4.69) is 0 Å². The van der Waals surface area contributed by atoms with Gasteiger partial charge in [0, 0.05) is 10.9 Å². The average molecular weight is 336 g/mol. The summed E-state index contributed by atoms with van der Waals surface area (Å²) in [5.41, 5.74) is 1.80. The first kappa shape index (κ1) is 16.5. The Morgan fingerprint density at radius 2 is 1.76 bits per heavy atom. The van der Waals surface area contributed by atoms with Crippen LogP contribution in [0.15, 0.2) is 54.6 Å². The molecule has 0 saturated heterocycles. The lowest BCUT2D eigenvalue weighted by Gasteiger charge is -2.14. The average Bonchev–Trinajstić information content (AvgIpc) is 2.62. The number of fused-ring (bicyclic) bond motifs is 1. The van der Waals surface area contributed by atoms with Gasteiger partial charge in [-0.3, -0.25) is 4.79 Å². The Labute approximate surface area is 144 Å². The van der Waals surface area contributed by atoms with Gasteiger partial charge in [-0.05, 0) is 29.0 Å². The highest BCUT2D eigenvalue weighted by Gasteiger charge is 2.23. The summed E-state index contributed by atoms with van der Waals surface area (Å²) >= 11 is 0. The maximum Gasteiger partial charge on any atom is 0.377 e. The van der Waals surface area contributed by atoms with E-state index in [1.165, 1.54) is 13.2 Å². The maximum atomic E-state index is 12.1. The lowest BCUT2D eigenvalue weighted by atomic mass is 9.93. The van der Waals surface area contributed by atoms with Gasteiger partial charge in [-0.1, -0.05) is 48.5 Å². The Bertz CT molecular complexity index is 961. The van der Waals surface area contributed by atoms with Crippen LogP contribution in [0.1, 0.15) is 21.5 Å². The number of benzene rings is 3. The van der Waals surface area contributed by atoms with E-state index in [1.54, 1.807) is 12.1 Å². The predicted molar refractivity (Wildman–Crippen MR) is 93.4 cm³/mol. The zero-order valence-corrected chi connectivity index (χ0v) is 13.5. The summed E-state index contributed by atoms with van der Waals surface area (Å²) in [5.74, 6) is -2.63. The lowest BCUT2D eigenvalue weighted by Crippen LogP contribution is -2.13. The molecule has 0 radical (unpaired) electrons. The number of carboxylic acid groups (broad SMARTS) is 1. The number of phenols is 1. The summed E-state index contributed by atoms with van der Waals surface area (Å²) in [6.45, 7) is 0. The fourth-order valence-corrected chi connectivity index (χ4v) is 2.93. The molecule has 126 valence electrons. The number of hydrogen-bond acceptors (Lipinski definition) is 4. The Hall–Kier alpha value is -3.34. The molecule has 5 nitrogen and oxygen atoms in total. The van der Waals surface area contributed by atoms with Crippen LogP contribution in [0.3, 0.4) is 0 Å². The van der Waals surface area contributed by atoms with Crippen molar-refractivity contribution in [3.8, 4) is 11.5 Å². The van der Waals surface area contributed by atoms with Gasteiger partial charge in [-0.15, -0.1) is 0 Å². The molecule has 0 aliphatic carbocycles. The topological polar surface area (TPSA) is 83.8 Å². The van der Waals surface area contributed by atoms with E-state index < -0.39 is 11.8 Å². The van der Waals surface area contributed by atoms with Gasteiger partial charge in [-0.25, -0.2) is 4.79 Å². The van der Waals surface area contributed by atoms with Gasteiger partial charge in [0.05, 0.1) is 7.11 Å². The predicted octanol–water partition coefficient (Wildman–Crippen LogP) is 3.41. The van der Waals surface area contributed by atoms with Crippen molar-refractivity contribution >= 4 is 22.5 Å². The summed E-state index contributed by atoms with van der Waals surface area (Å²) in [6, 6.07) is 16.1. The molecule has 0 heterocycles. The first-order chi connectivity index (χ1) is 12.0. The van der Waals surface area contributed by atoms with Crippen LogP contribution in [0.5, 0.6) is 11.5 Å². The molecule has 3 rings (SSSR count). The highest BCUT2D eigenvalue weighted by Crippen LogP contribution is 2.39. The van der Waals surface area contributed by atoms with Crippen molar-refractivity contribution in [3.63, 3.8) is 0 Å². The van der Waals surface area contributed by atoms with Gasteiger partial charge >= 0.3 is 5.97 Å². The first-order valence-electron chi connectivity index (χ1n) is 7.66. The number of carboxylic acids is 1. The van der Waals surface area contributed by atoms with Gasteiger partial charge in [-0.2, -0.15) is 0 Å². The number of ether oxygens (including phenoxy) is 1. The molecule has 0 aliphatic rings. The number of hydrogen-bond donors (Lipinski definition) is 2. The molecule has 3 aromatic carbocycles. The summed E-state index contributed by atoms with van der Waals surface area (Å²) in [5, 5.41) is 20.5. The monoisotopic (exact) mass is 336 g/mol. The molecule has 0 aliphatic heterocycles. The molecular weight excluding hydrogens is 320 g/mol. The van der Waals surface area contributed by atoms with Crippen molar-refractivity contribution in [1.82, 2.24) is 0 Å². The van der Waals surface area contributed by atoms with Crippen molar-refractivity contribution in [3.05, 3.63) is 71.3 Å². The number of aromatic hydroxyl groups is 1. The lowest BCUT2D eigenvalue weighted by molar-refractivity contribution is -0.131. The SMILES string of the molecule is COc1cc(C(=O)C(=O)O)c2cccc(Cc3ccccc3)c2c1O. The van der Waals surface area contributed by atoms with Crippen LogP contribution in [0.25, 0.3) is 10.8 Å². The van der Waals surface area contributed by atoms with Crippen molar-refractivity contribution in [2.24, 2.45) is 0 Å². The smallest absolute Gasteiger partial charge is 0.377 e.